The molecule has 6 heteroatoms. The molecule has 0 aliphatic rings. The second-order valence-electron chi connectivity index (χ2n) is 5.43. The molecule has 1 heterocycles. The summed E-state index contributed by atoms with van der Waals surface area (Å²) < 4.78 is 0. The van der Waals surface area contributed by atoms with E-state index in [-0.39, 0.29) is 11.6 Å². The molecule has 0 atom stereocenters. The van der Waals surface area contributed by atoms with E-state index in [9.17, 15) is 4.79 Å². The minimum absolute atomic E-state index is 0.257. The first-order valence-corrected chi connectivity index (χ1v) is 7.61. The number of rotatable bonds is 4. The molecule has 0 radical (unpaired) electrons. The van der Waals surface area contributed by atoms with Gasteiger partial charge in [-0.05, 0) is 48.9 Å². The van der Waals surface area contributed by atoms with Crippen molar-refractivity contribution in [1.29, 1.82) is 5.26 Å². The molecule has 6 nitrogen and oxygen atoms in total. The number of hydrogen-bond acceptors (Lipinski definition) is 5. The van der Waals surface area contributed by atoms with Crippen LogP contribution in [0.5, 0.6) is 0 Å². The van der Waals surface area contributed by atoms with Crippen molar-refractivity contribution in [3.05, 3.63) is 77.7 Å². The minimum atomic E-state index is -0.309. The Hall–Kier alpha value is -3.72. The minimum Gasteiger partial charge on any atom is -0.340 e. The molecular weight excluding hydrogens is 314 g/mol. The number of benzene rings is 2. The molecular formula is C19H15N5O. The monoisotopic (exact) mass is 329 g/mol. The van der Waals surface area contributed by atoms with E-state index in [0.717, 1.165) is 11.3 Å². The van der Waals surface area contributed by atoms with Crippen LogP contribution in [0.2, 0.25) is 0 Å². The summed E-state index contributed by atoms with van der Waals surface area (Å²) >= 11 is 0. The Morgan fingerprint density at radius 3 is 2.56 bits per heavy atom. The molecule has 122 valence electrons. The number of amides is 1. The van der Waals surface area contributed by atoms with Gasteiger partial charge in [0.2, 0.25) is 0 Å². The number of anilines is 3. The maximum atomic E-state index is 12.3. The molecule has 2 aromatic carbocycles. The van der Waals surface area contributed by atoms with Crippen molar-refractivity contribution >= 4 is 23.1 Å². The van der Waals surface area contributed by atoms with Crippen LogP contribution in [-0.4, -0.2) is 15.9 Å². The van der Waals surface area contributed by atoms with Crippen molar-refractivity contribution in [2.75, 3.05) is 10.6 Å². The smallest absolute Gasteiger partial charge is 0.274 e. The van der Waals surface area contributed by atoms with Gasteiger partial charge in [-0.2, -0.15) is 5.26 Å². The summed E-state index contributed by atoms with van der Waals surface area (Å²) in [5.41, 5.74) is 3.37. The van der Waals surface area contributed by atoms with Gasteiger partial charge < -0.3 is 10.6 Å². The van der Waals surface area contributed by atoms with Crippen LogP contribution in [0.25, 0.3) is 0 Å². The van der Waals surface area contributed by atoms with E-state index in [1.807, 2.05) is 31.2 Å². The van der Waals surface area contributed by atoms with Crippen LogP contribution < -0.4 is 10.6 Å². The van der Waals surface area contributed by atoms with E-state index >= 15 is 0 Å². The molecule has 0 aliphatic carbocycles. The third kappa shape index (κ3) is 4.18. The van der Waals surface area contributed by atoms with Crippen molar-refractivity contribution in [1.82, 2.24) is 9.97 Å². The second-order valence-corrected chi connectivity index (χ2v) is 5.43. The summed E-state index contributed by atoms with van der Waals surface area (Å²) in [6.07, 6.45) is 1.33. The molecule has 2 N–H and O–H groups in total. The Morgan fingerprint density at radius 1 is 1.04 bits per heavy atom. The summed E-state index contributed by atoms with van der Waals surface area (Å²) in [6, 6.07) is 18.1. The van der Waals surface area contributed by atoms with Crippen LogP contribution in [0, 0.1) is 18.3 Å². The summed E-state index contributed by atoms with van der Waals surface area (Å²) in [7, 11) is 0. The quantitative estimate of drug-likeness (QED) is 0.762. The highest BCUT2D eigenvalue weighted by Crippen LogP contribution is 2.16. The lowest BCUT2D eigenvalue weighted by Gasteiger charge is -2.08. The van der Waals surface area contributed by atoms with Crippen LogP contribution in [0.4, 0.5) is 17.2 Å². The second kappa shape index (κ2) is 7.23. The highest BCUT2D eigenvalue weighted by Gasteiger charge is 2.09. The highest BCUT2D eigenvalue weighted by atomic mass is 16.1. The number of nitriles is 1. The molecule has 3 rings (SSSR count). The maximum Gasteiger partial charge on any atom is 0.274 e. The van der Waals surface area contributed by atoms with Gasteiger partial charge >= 0.3 is 0 Å². The third-order valence-corrected chi connectivity index (χ3v) is 3.46. The fourth-order valence-corrected chi connectivity index (χ4v) is 2.24. The summed E-state index contributed by atoms with van der Waals surface area (Å²) in [5.74, 6) is 0.185. The molecule has 1 amide bonds. The Kier molecular flexibility index (Phi) is 4.67. The van der Waals surface area contributed by atoms with Crippen molar-refractivity contribution in [2.24, 2.45) is 0 Å². The highest BCUT2D eigenvalue weighted by molar-refractivity contribution is 6.03. The number of aromatic nitrogens is 2. The van der Waals surface area contributed by atoms with E-state index in [0.29, 0.717) is 17.1 Å². The molecule has 0 unspecified atom stereocenters. The van der Waals surface area contributed by atoms with Crippen LogP contribution in [0.1, 0.15) is 21.6 Å². The Balaban J connectivity index is 1.74. The lowest BCUT2D eigenvalue weighted by Crippen LogP contribution is -2.14. The van der Waals surface area contributed by atoms with Gasteiger partial charge in [0, 0.05) is 17.4 Å². The molecule has 0 saturated carbocycles. The van der Waals surface area contributed by atoms with Crippen molar-refractivity contribution in [3.8, 4) is 6.07 Å². The van der Waals surface area contributed by atoms with Crippen LogP contribution in [0.15, 0.2) is 60.9 Å². The molecule has 0 saturated heterocycles. The van der Waals surface area contributed by atoms with E-state index in [2.05, 4.69) is 26.7 Å². The van der Waals surface area contributed by atoms with Crippen molar-refractivity contribution in [3.63, 3.8) is 0 Å². The lowest BCUT2D eigenvalue weighted by atomic mass is 10.2. The number of carbonyl (C=O) groups is 1. The zero-order valence-corrected chi connectivity index (χ0v) is 13.5. The normalized spacial score (nSPS) is 9.92. The fourth-order valence-electron chi connectivity index (χ4n) is 2.24. The predicted octanol–water partition coefficient (Wildman–Crippen LogP) is 3.65. The third-order valence-electron chi connectivity index (χ3n) is 3.46. The van der Waals surface area contributed by atoms with E-state index < -0.39 is 0 Å². The van der Waals surface area contributed by atoms with E-state index in [1.165, 1.54) is 6.33 Å². The first-order chi connectivity index (χ1) is 12.1. The fraction of sp³-hybridized carbons (Fsp3) is 0.0526. The Labute approximate surface area is 145 Å². The number of nitrogens with zero attached hydrogens (tertiary/aromatic N) is 3. The molecule has 3 aromatic rings. The maximum absolute atomic E-state index is 12.3. The number of aryl methyl sites for hydroxylation is 1. The average Bonchev–Trinajstić information content (AvgIpc) is 2.62. The van der Waals surface area contributed by atoms with Crippen LogP contribution >= 0.6 is 0 Å². The van der Waals surface area contributed by atoms with Gasteiger partial charge in [-0.25, -0.2) is 9.97 Å². The van der Waals surface area contributed by atoms with Gasteiger partial charge in [0.25, 0.3) is 5.91 Å². The van der Waals surface area contributed by atoms with Gasteiger partial charge in [0.15, 0.2) is 0 Å². The van der Waals surface area contributed by atoms with Gasteiger partial charge in [-0.3, -0.25) is 4.79 Å². The number of hydrogen-bond donors (Lipinski definition) is 2. The molecule has 0 aliphatic heterocycles. The largest absolute Gasteiger partial charge is 0.340 e. The van der Waals surface area contributed by atoms with Gasteiger partial charge in [-0.1, -0.05) is 12.1 Å². The van der Waals surface area contributed by atoms with Crippen molar-refractivity contribution < 1.29 is 4.79 Å². The summed E-state index contributed by atoms with van der Waals surface area (Å²) in [5, 5.41) is 14.7. The van der Waals surface area contributed by atoms with Crippen LogP contribution in [-0.2, 0) is 0 Å². The van der Waals surface area contributed by atoms with E-state index in [1.54, 1.807) is 30.3 Å². The summed E-state index contributed by atoms with van der Waals surface area (Å²) in [6.45, 7) is 1.96. The molecule has 0 bridgehead atoms. The SMILES string of the molecule is Cc1cccc(NC(=O)c2cc(Nc3ccc(C#N)cc3)ncn2)c1. The molecule has 0 spiro atoms. The summed E-state index contributed by atoms with van der Waals surface area (Å²) in [4.78, 5) is 20.5. The topological polar surface area (TPSA) is 90.7 Å². The van der Waals surface area contributed by atoms with Gasteiger partial charge in [-0.15, -0.1) is 0 Å². The average molecular weight is 329 g/mol. The predicted molar refractivity (Wildman–Crippen MR) is 95.6 cm³/mol. The Morgan fingerprint density at radius 2 is 1.84 bits per heavy atom. The first-order valence-electron chi connectivity index (χ1n) is 7.61. The standard InChI is InChI=1S/C19H15N5O/c1-13-3-2-4-16(9-13)24-19(25)17-10-18(22-12-21-17)23-15-7-5-14(11-20)6-8-15/h2-10,12H,1H3,(H,24,25)(H,21,22,23). The molecule has 1 aromatic heterocycles. The first kappa shape index (κ1) is 16.1. The van der Waals surface area contributed by atoms with Gasteiger partial charge in [0.1, 0.15) is 17.8 Å². The molecule has 0 fully saturated rings. The van der Waals surface area contributed by atoms with Crippen molar-refractivity contribution in [2.45, 2.75) is 6.92 Å². The van der Waals surface area contributed by atoms with Crippen LogP contribution in [0.3, 0.4) is 0 Å². The lowest BCUT2D eigenvalue weighted by molar-refractivity contribution is 0.102. The molecule has 25 heavy (non-hydrogen) atoms. The Bertz CT molecular complexity index is 945. The number of carbonyl (C=O) groups excluding carboxylic acids is 1. The zero-order chi connectivity index (χ0) is 17.6. The van der Waals surface area contributed by atoms with E-state index in [4.69, 9.17) is 5.26 Å². The van der Waals surface area contributed by atoms with Gasteiger partial charge in [0.05, 0.1) is 11.6 Å². The number of nitrogens with one attached hydrogen (secondary N) is 2. The zero-order valence-electron chi connectivity index (χ0n) is 13.5.